The van der Waals surface area contributed by atoms with Gasteiger partial charge in [0.05, 0.1) is 61.1 Å². The van der Waals surface area contributed by atoms with Gasteiger partial charge in [0, 0.05) is 22.4 Å². The number of aryl methyl sites for hydroxylation is 1. The normalized spacial score (nSPS) is 14.4. The van der Waals surface area contributed by atoms with Crippen LogP contribution < -0.4 is 16.9 Å². The molecule has 7 nitrogen and oxygen atoms in total. The third-order valence-electron chi connectivity index (χ3n) is 7.64. The molecule has 3 rings (SSSR count). The van der Waals surface area contributed by atoms with E-state index in [0.717, 1.165) is 69.9 Å². The van der Waals surface area contributed by atoms with Gasteiger partial charge < -0.3 is 24.9 Å². The van der Waals surface area contributed by atoms with E-state index in [1.807, 2.05) is 6.92 Å². The van der Waals surface area contributed by atoms with E-state index >= 15 is 0 Å². The number of rotatable bonds is 10. The van der Waals surface area contributed by atoms with Crippen molar-refractivity contribution >= 4 is 22.5 Å². The van der Waals surface area contributed by atoms with Crippen LogP contribution in [0.2, 0.25) is 0 Å². The first-order valence-electron chi connectivity index (χ1n) is 13.6. The maximum absolute atomic E-state index is 13.2. The Bertz CT molecular complexity index is 1300. The van der Waals surface area contributed by atoms with Gasteiger partial charge in [-0.15, -0.1) is 0 Å². The van der Waals surface area contributed by atoms with E-state index in [2.05, 4.69) is 62.2 Å². The largest absolute Gasteiger partial charge is 0.452 e. The highest BCUT2D eigenvalue weighted by molar-refractivity contribution is 5.88. The molecule has 2 aliphatic rings. The molecule has 0 bridgehead atoms. The monoisotopic (exact) mass is 511 g/mol. The highest BCUT2D eigenvalue weighted by Gasteiger charge is 2.28. The summed E-state index contributed by atoms with van der Waals surface area (Å²) in [6.45, 7) is 10.3. The average molecular weight is 512 g/mol. The molecule has 204 valence electrons. The van der Waals surface area contributed by atoms with Crippen LogP contribution in [0.1, 0.15) is 73.6 Å². The third kappa shape index (κ3) is 6.44. The van der Waals surface area contributed by atoms with Gasteiger partial charge in [0.25, 0.3) is 0 Å². The molecule has 0 radical (unpaired) electrons. The van der Waals surface area contributed by atoms with Crippen LogP contribution in [0.15, 0.2) is 15.3 Å². The number of benzene rings is 2. The van der Waals surface area contributed by atoms with Crippen molar-refractivity contribution in [3.8, 4) is 11.5 Å². The first kappa shape index (κ1) is 28.9. The zero-order chi connectivity index (χ0) is 27.9. The summed E-state index contributed by atoms with van der Waals surface area (Å²) in [6.07, 6.45) is 4.08. The summed E-state index contributed by atoms with van der Waals surface area (Å²) in [6, 6.07) is 2.06. The van der Waals surface area contributed by atoms with Gasteiger partial charge in [0.1, 0.15) is 11.2 Å². The molecule has 7 heteroatoms. The van der Waals surface area contributed by atoms with Crippen molar-refractivity contribution in [2.75, 3.05) is 66.8 Å². The number of nitrogens with two attached hydrogens (primary N) is 2. The SMILES string of the molecule is Cc1c2oc3c(C)c(N)cc(C(C)CCC[N+](C)(C)C)c3nc-2c(C(C)CCC[N+](C)(C)C)c(N)c1=O. The lowest BCUT2D eigenvalue weighted by molar-refractivity contribution is -0.870. The van der Waals surface area contributed by atoms with Gasteiger partial charge in [0.15, 0.2) is 11.3 Å². The molecular weight excluding hydrogens is 462 g/mol. The molecule has 2 atom stereocenters. The van der Waals surface area contributed by atoms with Crippen LogP contribution in [0, 0.1) is 13.8 Å². The molecule has 1 aliphatic heterocycles. The van der Waals surface area contributed by atoms with Crippen molar-refractivity contribution in [1.82, 2.24) is 4.98 Å². The molecule has 1 heterocycles. The molecule has 0 fully saturated rings. The first-order chi connectivity index (χ1) is 17.0. The van der Waals surface area contributed by atoms with E-state index < -0.39 is 0 Å². The van der Waals surface area contributed by atoms with Crippen LogP contribution in [0.5, 0.6) is 0 Å². The Morgan fingerprint density at radius 3 is 1.97 bits per heavy atom. The number of fused-ring (bicyclic) bond motifs is 2. The zero-order valence-electron chi connectivity index (χ0n) is 24.8. The molecule has 0 saturated carbocycles. The predicted octanol–water partition coefficient (Wildman–Crippen LogP) is 5.25. The lowest BCUT2D eigenvalue weighted by atomic mass is 9.88. The Morgan fingerprint density at radius 2 is 1.43 bits per heavy atom. The van der Waals surface area contributed by atoms with Crippen LogP contribution in [0.3, 0.4) is 0 Å². The molecule has 37 heavy (non-hydrogen) atoms. The summed E-state index contributed by atoms with van der Waals surface area (Å²) in [5, 5.41) is 0. The summed E-state index contributed by atoms with van der Waals surface area (Å²) < 4.78 is 8.36. The minimum atomic E-state index is -0.165. The lowest BCUT2D eigenvalue weighted by Crippen LogP contribution is -2.35. The molecule has 4 N–H and O–H groups in total. The van der Waals surface area contributed by atoms with E-state index in [4.69, 9.17) is 20.9 Å². The smallest absolute Gasteiger partial charge is 0.208 e. The Morgan fingerprint density at radius 1 is 0.892 bits per heavy atom. The topological polar surface area (TPSA) is 95.1 Å². The lowest BCUT2D eigenvalue weighted by Gasteiger charge is -2.26. The van der Waals surface area contributed by atoms with E-state index in [1.165, 1.54) is 0 Å². The maximum atomic E-state index is 13.2. The van der Waals surface area contributed by atoms with Crippen molar-refractivity contribution in [2.45, 2.75) is 65.2 Å². The standard InChI is InChI=1S/C30H48N5O2/c1-18(13-11-15-34(5,6)7)22-17-23(31)20(3)29-26(22)33-27-24(19(2)14-12-16-35(8,9)10)25(32)28(36)21(4)30(27)37-29/h17-19H,11-16H2,1-10H3,(H3-,31,32,33,36)/q+1/p+1. The highest BCUT2D eigenvalue weighted by Crippen LogP contribution is 2.41. The fraction of sp³-hybridized carbons (Fsp3) is 0.600. The molecular formula is C30H49N5O2+2. The second-order valence-corrected chi connectivity index (χ2v) is 13.1. The second kappa shape index (κ2) is 10.6. The van der Waals surface area contributed by atoms with Gasteiger partial charge >= 0.3 is 0 Å². The van der Waals surface area contributed by atoms with Gasteiger partial charge in [-0.05, 0) is 63.0 Å². The van der Waals surface area contributed by atoms with E-state index in [9.17, 15) is 4.79 Å². The highest BCUT2D eigenvalue weighted by atomic mass is 16.3. The van der Waals surface area contributed by atoms with Crippen LogP contribution in [-0.4, -0.2) is 69.3 Å². The molecule has 0 spiro atoms. The van der Waals surface area contributed by atoms with Crippen LogP contribution in [0.25, 0.3) is 22.6 Å². The quantitative estimate of drug-likeness (QED) is 0.220. The second-order valence-electron chi connectivity index (χ2n) is 13.1. The number of aromatic nitrogens is 1. The number of hydrogen-bond acceptors (Lipinski definition) is 5. The molecule has 1 aliphatic carbocycles. The Labute approximate surface area is 223 Å². The summed E-state index contributed by atoms with van der Waals surface area (Å²) in [7, 11) is 13.2. The van der Waals surface area contributed by atoms with E-state index in [0.29, 0.717) is 34.0 Å². The van der Waals surface area contributed by atoms with E-state index in [-0.39, 0.29) is 17.3 Å². The predicted molar refractivity (Wildman–Crippen MR) is 156 cm³/mol. The molecule has 2 unspecified atom stereocenters. The molecule has 1 aromatic rings. The van der Waals surface area contributed by atoms with Gasteiger partial charge in [0.2, 0.25) is 5.43 Å². The fourth-order valence-electron chi connectivity index (χ4n) is 5.25. The number of nitrogens with zero attached hydrogens (tertiary/aromatic N) is 3. The first-order valence-corrected chi connectivity index (χ1v) is 13.6. The fourth-order valence-corrected chi connectivity index (χ4v) is 5.25. The average Bonchev–Trinajstić information content (AvgIpc) is 2.77. The van der Waals surface area contributed by atoms with Crippen LogP contribution in [-0.2, 0) is 0 Å². The number of hydrogen-bond donors (Lipinski definition) is 2. The molecule has 1 aromatic carbocycles. The number of nitrogen functional groups attached to an aromatic ring is 2. The van der Waals surface area contributed by atoms with Crippen molar-refractivity contribution in [2.24, 2.45) is 0 Å². The summed E-state index contributed by atoms with van der Waals surface area (Å²) >= 11 is 0. The minimum Gasteiger partial charge on any atom is -0.452 e. The van der Waals surface area contributed by atoms with Crippen LogP contribution in [0.4, 0.5) is 11.4 Å². The molecule has 0 amide bonds. The van der Waals surface area contributed by atoms with E-state index in [1.54, 1.807) is 6.92 Å². The third-order valence-corrected chi connectivity index (χ3v) is 7.64. The Kier molecular flexibility index (Phi) is 8.30. The maximum Gasteiger partial charge on any atom is 0.208 e. The molecule has 0 aromatic heterocycles. The Hall–Kier alpha value is -2.64. The van der Waals surface area contributed by atoms with Crippen molar-refractivity contribution in [1.29, 1.82) is 0 Å². The van der Waals surface area contributed by atoms with Gasteiger partial charge in [-0.3, -0.25) is 4.79 Å². The van der Waals surface area contributed by atoms with Gasteiger partial charge in [-0.2, -0.15) is 0 Å². The minimum absolute atomic E-state index is 0.0859. The Balaban J connectivity index is 2.18. The zero-order valence-corrected chi connectivity index (χ0v) is 24.8. The van der Waals surface area contributed by atoms with Crippen molar-refractivity contribution < 1.29 is 13.4 Å². The number of quaternary nitrogens is 2. The summed E-state index contributed by atoms with van der Waals surface area (Å²) in [5.74, 6) is 0.875. The summed E-state index contributed by atoms with van der Waals surface area (Å²) in [5.41, 5.74) is 19.2. The molecule has 0 saturated heterocycles. The van der Waals surface area contributed by atoms with Gasteiger partial charge in [-0.1, -0.05) is 13.8 Å². The van der Waals surface area contributed by atoms with Crippen molar-refractivity contribution in [3.63, 3.8) is 0 Å². The van der Waals surface area contributed by atoms with Crippen LogP contribution >= 0.6 is 0 Å². The summed E-state index contributed by atoms with van der Waals surface area (Å²) in [4.78, 5) is 18.4. The van der Waals surface area contributed by atoms with Gasteiger partial charge in [-0.25, -0.2) is 4.98 Å². The van der Waals surface area contributed by atoms with Crippen molar-refractivity contribution in [3.05, 3.63) is 38.5 Å². The number of anilines is 2.